The van der Waals surface area contributed by atoms with E-state index in [2.05, 4.69) is 11.4 Å². The highest BCUT2D eigenvalue weighted by molar-refractivity contribution is 5.91. The van der Waals surface area contributed by atoms with Crippen molar-refractivity contribution in [2.24, 2.45) is 0 Å². The monoisotopic (exact) mass is 270 g/mol. The molecule has 0 saturated carbocycles. The first-order valence-corrected chi connectivity index (χ1v) is 6.23. The number of amides is 1. The van der Waals surface area contributed by atoms with Gasteiger partial charge in [0.1, 0.15) is 24.2 Å². The molecule has 1 aromatic carbocycles. The van der Waals surface area contributed by atoms with Crippen LogP contribution in [0.4, 0.5) is 0 Å². The van der Waals surface area contributed by atoms with E-state index in [1.54, 1.807) is 36.4 Å². The van der Waals surface area contributed by atoms with Gasteiger partial charge in [0.2, 0.25) is 0 Å². The van der Waals surface area contributed by atoms with Gasteiger partial charge in [-0.1, -0.05) is 12.1 Å². The third kappa shape index (κ3) is 3.18. The lowest BCUT2D eigenvalue weighted by atomic mass is 10.2. The Labute approximate surface area is 116 Å². The van der Waals surface area contributed by atoms with E-state index in [4.69, 9.17) is 14.4 Å². The maximum absolute atomic E-state index is 11.5. The number of ether oxygens (including phenoxy) is 1. The van der Waals surface area contributed by atoms with Crippen LogP contribution >= 0.6 is 0 Å². The first-order chi connectivity index (χ1) is 9.74. The number of carbonyl (C=O) groups excluding carboxylic acids is 1. The van der Waals surface area contributed by atoms with Gasteiger partial charge in [-0.3, -0.25) is 4.79 Å². The molecule has 1 N–H and O–H groups in total. The average molecular weight is 270 g/mol. The Morgan fingerprint density at radius 1 is 1.35 bits per heavy atom. The van der Waals surface area contributed by atoms with Crippen molar-refractivity contribution in [1.82, 2.24) is 5.32 Å². The summed E-state index contributed by atoms with van der Waals surface area (Å²) in [6.45, 7) is 2.54. The zero-order valence-corrected chi connectivity index (χ0v) is 11.1. The second-order valence-electron chi connectivity index (χ2n) is 4.02. The Kier molecular flexibility index (Phi) is 4.40. The molecule has 0 aliphatic carbocycles. The van der Waals surface area contributed by atoms with E-state index >= 15 is 0 Å². The molecule has 1 heterocycles. The van der Waals surface area contributed by atoms with E-state index in [1.807, 2.05) is 6.92 Å². The lowest BCUT2D eigenvalue weighted by Gasteiger charge is -2.05. The van der Waals surface area contributed by atoms with E-state index in [9.17, 15) is 4.79 Å². The normalized spacial score (nSPS) is 9.80. The summed E-state index contributed by atoms with van der Waals surface area (Å²) >= 11 is 0. The first-order valence-electron chi connectivity index (χ1n) is 6.23. The number of hydrogen-bond donors (Lipinski definition) is 1. The van der Waals surface area contributed by atoms with E-state index in [0.717, 1.165) is 0 Å². The number of carbonyl (C=O) groups is 1. The van der Waals surface area contributed by atoms with Crippen LogP contribution in [0.3, 0.4) is 0 Å². The Bertz CT molecular complexity index is 641. The Hall–Kier alpha value is -2.74. The quantitative estimate of drug-likeness (QED) is 0.905. The molecule has 0 bridgehead atoms. The molecule has 5 heteroatoms. The molecule has 2 rings (SSSR count). The van der Waals surface area contributed by atoms with Crippen LogP contribution in [0.25, 0.3) is 0 Å². The molecule has 0 fully saturated rings. The standard InChI is InChI=1S/C15H14N2O3/c1-2-17-15(18)14-8-7-12(20-14)10-19-13-6-4-3-5-11(13)9-16/h3-8H,2,10H2,1H3,(H,17,18). The van der Waals surface area contributed by atoms with Gasteiger partial charge in [0.25, 0.3) is 5.91 Å². The third-order valence-corrected chi connectivity index (χ3v) is 2.60. The highest BCUT2D eigenvalue weighted by Gasteiger charge is 2.10. The fraction of sp³-hybridized carbons (Fsp3) is 0.200. The lowest BCUT2D eigenvalue weighted by molar-refractivity contribution is 0.0924. The number of hydrogen-bond acceptors (Lipinski definition) is 4. The summed E-state index contributed by atoms with van der Waals surface area (Å²) in [7, 11) is 0. The smallest absolute Gasteiger partial charge is 0.286 e. The predicted molar refractivity (Wildman–Crippen MR) is 72.2 cm³/mol. The summed E-state index contributed by atoms with van der Waals surface area (Å²) in [5.41, 5.74) is 0.461. The van der Waals surface area contributed by atoms with Crippen molar-refractivity contribution in [2.75, 3.05) is 6.54 Å². The van der Waals surface area contributed by atoms with Crippen molar-refractivity contribution in [2.45, 2.75) is 13.5 Å². The van der Waals surface area contributed by atoms with Crippen LogP contribution in [0, 0.1) is 11.3 Å². The van der Waals surface area contributed by atoms with Crippen LogP contribution in [0.2, 0.25) is 0 Å². The van der Waals surface area contributed by atoms with Gasteiger partial charge in [-0.15, -0.1) is 0 Å². The molecule has 0 spiro atoms. The molecule has 20 heavy (non-hydrogen) atoms. The third-order valence-electron chi connectivity index (χ3n) is 2.60. The van der Waals surface area contributed by atoms with Crippen LogP contribution < -0.4 is 10.1 Å². The van der Waals surface area contributed by atoms with Crippen molar-refractivity contribution in [1.29, 1.82) is 5.26 Å². The van der Waals surface area contributed by atoms with Crippen LogP contribution in [0.1, 0.15) is 28.8 Å². The maximum atomic E-state index is 11.5. The highest BCUT2D eigenvalue weighted by Crippen LogP contribution is 2.18. The molecule has 102 valence electrons. The minimum Gasteiger partial charge on any atom is -0.484 e. The van der Waals surface area contributed by atoms with Gasteiger partial charge < -0.3 is 14.5 Å². The second-order valence-corrected chi connectivity index (χ2v) is 4.02. The van der Waals surface area contributed by atoms with E-state index in [-0.39, 0.29) is 18.3 Å². The number of nitrogens with one attached hydrogen (secondary N) is 1. The number of nitrogens with zero attached hydrogens (tertiary/aromatic N) is 1. The zero-order valence-electron chi connectivity index (χ0n) is 11.1. The first kappa shape index (κ1) is 13.7. The SMILES string of the molecule is CCNC(=O)c1ccc(COc2ccccc2C#N)o1. The number of furan rings is 1. The Balaban J connectivity index is 2.01. The summed E-state index contributed by atoms with van der Waals surface area (Å²) in [4.78, 5) is 11.5. The maximum Gasteiger partial charge on any atom is 0.286 e. The molecule has 0 saturated heterocycles. The van der Waals surface area contributed by atoms with Crippen LogP contribution in [0.5, 0.6) is 5.75 Å². The minimum atomic E-state index is -0.254. The minimum absolute atomic E-state index is 0.165. The molecule has 0 aliphatic rings. The van der Waals surface area contributed by atoms with Crippen LogP contribution in [0.15, 0.2) is 40.8 Å². The number of rotatable bonds is 5. The summed E-state index contributed by atoms with van der Waals surface area (Å²) in [5.74, 6) is 1.01. The van der Waals surface area contributed by atoms with Gasteiger partial charge in [0, 0.05) is 6.54 Å². The summed E-state index contributed by atoms with van der Waals surface area (Å²) < 4.78 is 10.9. The topological polar surface area (TPSA) is 75.3 Å². The van der Waals surface area contributed by atoms with Gasteiger partial charge in [0.15, 0.2) is 5.76 Å². The average Bonchev–Trinajstić information content (AvgIpc) is 2.94. The molecular formula is C15H14N2O3. The molecule has 0 atom stereocenters. The van der Waals surface area contributed by atoms with Crippen molar-refractivity contribution in [3.8, 4) is 11.8 Å². The molecule has 2 aromatic rings. The van der Waals surface area contributed by atoms with Crippen LogP contribution in [-0.4, -0.2) is 12.5 Å². The zero-order chi connectivity index (χ0) is 14.4. The summed E-state index contributed by atoms with van der Waals surface area (Å²) in [5, 5.41) is 11.6. The number of nitriles is 1. The molecule has 5 nitrogen and oxygen atoms in total. The van der Waals surface area contributed by atoms with Crippen molar-refractivity contribution >= 4 is 5.91 Å². The van der Waals surface area contributed by atoms with Crippen LogP contribution in [-0.2, 0) is 6.61 Å². The molecule has 0 aliphatic heterocycles. The summed E-state index contributed by atoms with van der Waals surface area (Å²) in [6.07, 6.45) is 0. The van der Waals surface area contributed by atoms with Gasteiger partial charge >= 0.3 is 0 Å². The largest absolute Gasteiger partial charge is 0.484 e. The Morgan fingerprint density at radius 2 is 2.15 bits per heavy atom. The molecule has 1 aromatic heterocycles. The number of benzene rings is 1. The summed E-state index contributed by atoms with van der Waals surface area (Å²) in [6, 6.07) is 12.3. The van der Waals surface area contributed by atoms with Crippen molar-refractivity contribution in [3.05, 3.63) is 53.5 Å². The molecule has 0 radical (unpaired) electrons. The fourth-order valence-electron chi connectivity index (χ4n) is 1.66. The van der Waals surface area contributed by atoms with Gasteiger partial charge in [0.05, 0.1) is 5.56 Å². The van der Waals surface area contributed by atoms with Crippen molar-refractivity contribution < 1.29 is 13.9 Å². The molecule has 1 amide bonds. The van der Waals surface area contributed by atoms with Gasteiger partial charge in [-0.25, -0.2) is 0 Å². The number of para-hydroxylation sites is 1. The molecule has 0 unspecified atom stereocenters. The van der Waals surface area contributed by atoms with Gasteiger partial charge in [-0.2, -0.15) is 5.26 Å². The lowest BCUT2D eigenvalue weighted by Crippen LogP contribution is -2.21. The van der Waals surface area contributed by atoms with E-state index < -0.39 is 0 Å². The van der Waals surface area contributed by atoms with Gasteiger partial charge in [-0.05, 0) is 31.2 Å². The second kappa shape index (κ2) is 6.43. The van der Waals surface area contributed by atoms with Crippen molar-refractivity contribution in [3.63, 3.8) is 0 Å². The molecular weight excluding hydrogens is 256 g/mol. The fourth-order valence-corrected chi connectivity index (χ4v) is 1.66. The predicted octanol–water partition coefficient (Wildman–Crippen LogP) is 2.48. The van der Waals surface area contributed by atoms with E-state index in [1.165, 1.54) is 0 Å². The highest BCUT2D eigenvalue weighted by atomic mass is 16.5. The van der Waals surface area contributed by atoms with E-state index in [0.29, 0.717) is 23.6 Å². The Morgan fingerprint density at radius 3 is 2.90 bits per heavy atom.